The summed E-state index contributed by atoms with van der Waals surface area (Å²) in [5.74, 6) is -0.00160. The van der Waals surface area contributed by atoms with Gasteiger partial charge < -0.3 is 15.0 Å². The second-order valence-corrected chi connectivity index (χ2v) is 9.41. The van der Waals surface area contributed by atoms with E-state index in [-0.39, 0.29) is 30.4 Å². The topological polar surface area (TPSA) is 89.4 Å². The summed E-state index contributed by atoms with van der Waals surface area (Å²) in [5.41, 5.74) is 2.08. The SMILES string of the molecule is O=C(NC1CCCC1)C1CCN(C(=O)c2nnn3c2CO[C@@H](c2ccc(Cl)cc2)C3)CC1. The lowest BCUT2D eigenvalue weighted by Crippen LogP contribution is -2.45. The van der Waals surface area contributed by atoms with E-state index in [2.05, 4.69) is 15.6 Å². The summed E-state index contributed by atoms with van der Waals surface area (Å²) in [7, 11) is 0. The van der Waals surface area contributed by atoms with Gasteiger partial charge in [0, 0.05) is 30.1 Å². The van der Waals surface area contributed by atoms with Crippen LogP contribution in [0.1, 0.15) is 66.4 Å². The third kappa shape index (κ3) is 4.38. The third-order valence-electron chi connectivity index (χ3n) is 6.90. The lowest BCUT2D eigenvalue weighted by Gasteiger charge is -2.32. The van der Waals surface area contributed by atoms with Crippen molar-refractivity contribution in [2.24, 2.45) is 5.92 Å². The van der Waals surface area contributed by atoms with Gasteiger partial charge in [0.15, 0.2) is 5.69 Å². The van der Waals surface area contributed by atoms with E-state index >= 15 is 0 Å². The monoisotopic (exact) mass is 457 g/mol. The fourth-order valence-corrected chi connectivity index (χ4v) is 5.07. The van der Waals surface area contributed by atoms with Crippen molar-refractivity contribution >= 4 is 23.4 Å². The summed E-state index contributed by atoms with van der Waals surface area (Å²) in [6.07, 6.45) is 5.78. The van der Waals surface area contributed by atoms with Crippen LogP contribution in [0.4, 0.5) is 0 Å². The molecule has 1 atom stereocenters. The number of amides is 2. The van der Waals surface area contributed by atoms with Crippen molar-refractivity contribution in [3.63, 3.8) is 0 Å². The number of aromatic nitrogens is 3. The minimum absolute atomic E-state index is 0.0165. The lowest BCUT2D eigenvalue weighted by atomic mass is 9.95. The fourth-order valence-electron chi connectivity index (χ4n) is 4.94. The summed E-state index contributed by atoms with van der Waals surface area (Å²) < 4.78 is 7.77. The fraction of sp³-hybridized carbons (Fsp3) is 0.565. The average molecular weight is 458 g/mol. The van der Waals surface area contributed by atoms with Crippen molar-refractivity contribution in [2.45, 2.75) is 63.8 Å². The Kier molecular flexibility index (Phi) is 6.15. The number of rotatable bonds is 4. The molecule has 0 radical (unpaired) electrons. The van der Waals surface area contributed by atoms with Gasteiger partial charge in [0.25, 0.3) is 5.91 Å². The van der Waals surface area contributed by atoms with Crippen LogP contribution < -0.4 is 5.32 Å². The highest BCUT2D eigenvalue weighted by molar-refractivity contribution is 6.30. The summed E-state index contributed by atoms with van der Waals surface area (Å²) in [5, 5.41) is 12.3. The van der Waals surface area contributed by atoms with Crippen molar-refractivity contribution < 1.29 is 14.3 Å². The van der Waals surface area contributed by atoms with Gasteiger partial charge in [0.2, 0.25) is 5.91 Å². The molecule has 3 heterocycles. The molecule has 0 unspecified atom stereocenters. The first-order valence-corrected chi connectivity index (χ1v) is 11.9. The third-order valence-corrected chi connectivity index (χ3v) is 7.15. The normalized spacial score (nSPS) is 22.0. The highest BCUT2D eigenvalue weighted by atomic mass is 35.5. The molecule has 2 aromatic rings. The minimum Gasteiger partial charge on any atom is -0.365 e. The molecule has 3 aliphatic rings. The highest BCUT2D eigenvalue weighted by Crippen LogP contribution is 2.29. The first-order chi connectivity index (χ1) is 15.6. The molecular weight excluding hydrogens is 430 g/mol. The van der Waals surface area contributed by atoms with Gasteiger partial charge in [-0.25, -0.2) is 4.68 Å². The molecule has 1 aromatic heterocycles. The van der Waals surface area contributed by atoms with Crippen LogP contribution in [0.15, 0.2) is 24.3 Å². The maximum Gasteiger partial charge on any atom is 0.276 e. The van der Waals surface area contributed by atoms with E-state index < -0.39 is 0 Å². The Hall–Kier alpha value is -2.45. The van der Waals surface area contributed by atoms with Crippen molar-refractivity contribution in [2.75, 3.05) is 13.1 Å². The van der Waals surface area contributed by atoms with E-state index in [9.17, 15) is 9.59 Å². The standard InChI is InChI=1S/C23H28ClN5O3/c24-17-7-5-15(6-8-17)20-13-29-19(14-32-20)21(26-27-29)23(31)28-11-9-16(10-12-28)22(30)25-18-3-1-2-4-18/h5-8,16,18,20H,1-4,9-14H2,(H,25,30)/t20-/m1/s1. The quantitative estimate of drug-likeness (QED) is 0.761. The number of halogens is 1. The number of hydrogen-bond acceptors (Lipinski definition) is 5. The molecule has 0 spiro atoms. The molecule has 8 nitrogen and oxygen atoms in total. The number of likely N-dealkylation sites (tertiary alicyclic amines) is 1. The average Bonchev–Trinajstić information content (AvgIpc) is 3.48. The molecular formula is C23H28ClN5O3. The van der Waals surface area contributed by atoms with Gasteiger partial charge in [0.05, 0.1) is 18.8 Å². The van der Waals surface area contributed by atoms with Crippen LogP contribution in [0, 0.1) is 5.92 Å². The van der Waals surface area contributed by atoms with Gasteiger partial charge in [-0.05, 0) is 43.4 Å². The molecule has 1 aliphatic carbocycles. The zero-order valence-corrected chi connectivity index (χ0v) is 18.8. The summed E-state index contributed by atoms with van der Waals surface area (Å²) in [6, 6.07) is 7.89. The van der Waals surface area contributed by atoms with Crippen LogP contribution in [-0.2, 0) is 22.7 Å². The molecule has 9 heteroatoms. The molecule has 170 valence electrons. The molecule has 32 heavy (non-hydrogen) atoms. The number of nitrogens with zero attached hydrogens (tertiary/aromatic N) is 4. The van der Waals surface area contributed by atoms with Crippen molar-refractivity contribution in [1.82, 2.24) is 25.2 Å². The molecule has 2 fully saturated rings. The Morgan fingerprint density at radius 3 is 2.50 bits per heavy atom. The summed E-state index contributed by atoms with van der Waals surface area (Å²) in [6.45, 7) is 1.90. The second kappa shape index (κ2) is 9.19. The largest absolute Gasteiger partial charge is 0.365 e. The predicted octanol–water partition coefficient (Wildman–Crippen LogP) is 3.11. The maximum atomic E-state index is 13.1. The zero-order chi connectivity index (χ0) is 22.1. The molecule has 1 saturated heterocycles. The first-order valence-electron chi connectivity index (χ1n) is 11.5. The maximum absolute atomic E-state index is 13.1. The van der Waals surface area contributed by atoms with Crippen molar-refractivity contribution in [3.8, 4) is 0 Å². The van der Waals surface area contributed by atoms with Gasteiger partial charge in [-0.2, -0.15) is 0 Å². The van der Waals surface area contributed by atoms with Crippen LogP contribution in [0.3, 0.4) is 0 Å². The molecule has 1 aromatic carbocycles. The van der Waals surface area contributed by atoms with Crippen LogP contribution in [0.2, 0.25) is 5.02 Å². The summed E-state index contributed by atoms with van der Waals surface area (Å²) in [4.78, 5) is 27.5. The lowest BCUT2D eigenvalue weighted by molar-refractivity contribution is -0.127. The number of carbonyl (C=O) groups excluding carboxylic acids is 2. The van der Waals surface area contributed by atoms with Crippen molar-refractivity contribution in [3.05, 3.63) is 46.2 Å². The number of hydrogen-bond donors (Lipinski definition) is 1. The Morgan fingerprint density at radius 2 is 1.78 bits per heavy atom. The number of nitrogens with one attached hydrogen (secondary N) is 1. The van der Waals surface area contributed by atoms with E-state index in [4.69, 9.17) is 16.3 Å². The number of benzene rings is 1. The van der Waals surface area contributed by atoms with Gasteiger partial charge in [0.1, 0.15) is 6.10 Å². The van der Waals surface area contributed by atoms with Crippen LogP contribution in [0.25, 0.3) is 0 Å². The van der Waals surface area contributed by atoms with Crippen LogP contribution >= 0.6 is 11.6 Å². The number of carbonyl (C=O) groups is 2. The highest BCUT2D eigenvalue weighted by Gasteiger charge is 2.33. The molecule has 0 bridgehead atoms. The van der Waals surface area contributed by atoms with Crippen molar-refractivity contribution in [1.29, 1.82) is 0 Å². The molecule has 2 aliphatic heterocycles. The minimum atomic E-state index is -0.154. The molecule has 5 rings (SSSR count). The molecule has 1 N–H and O–H groups in total. The van der Waals surface area contributed by atoms with E-state index in [1.165, 1.54) is 12.8 Å². The number of fused-ring (bicyclic) bond motifs is 1. The Balaban J connectivity index is 1.18. The van der Waals surface area contributed by atoms with Gasteiger partial charge >= 0.3 is 0 Å². The van der Waals surface area contributed by atoms with E-state index in [0.29, 0.717) is 54.9 Å². The number of ether oxygens (including phenoxy) is 1. The van der Waals surface area contributed by atoms with E-state index in [0.717, 1.165) is 18.4 Å². The van der Waals surface area contributed by atoms with E-state index in [1.807, 2.05) is 24.3 Å². The Bertz CT molecular complexity index is 978. The van der Waals surface area contributed by atoms with Gasteiger partial charge in [-0.15, -0.1) is 5.10 Å². The Labute approximate surface area is 192 Å². The van der Waals surface area contributed by atoms with Crippen LogP contribution in [-0.4, -0.2) is 50.8 Å². The van der Waals surface area contributed by atoms with Crippen LogP contribution in [0.5, 0.6) is 0 Å². The predicted molar refractivity (Wildman–Crippen MR) is 118 cm³/mol. The first kappa shape index (κ1) is 21.4. The van der Waals surface area contributed by atoms with Gasteiger partial charge in [-0.3, -0.25) is 9.59 Å². The second-order valence-electron chi connectivity index (χ2n) is 8.97. The summed E-state index contributed by atoms with van der Waals surface area (Å²) >= 11 is 5.98. The van der Waals surface area contributed by atoms with Gasteiger partial charge in [-0.1, -0.05) is 41.8 Å². The molecule has 1 saturated carbocycles. The smallest absolute Gasteiger partial charge is 0.276 e. The zero-order valence-electron chi connectivity index (χ0n) is 18.0. The van der Waals surface area contributed by atoms with E-state index in [1.54, 1.807) is 9.58 Å². The molecule has 2 amide bonds. The Morgan fingerprint density at radius 1 is 1.06 bits per heavy atom. The number of piperidine rings is 1.